The van der Waals surface area contributed by atoms with E-state index >= 15 is 0 Å². The predicted molar refractivity (Wildman–Crippen MR) is 51.1 cm³/mol. The van der Waals surface area contributed by atoms with Gasteiger partial charge in [-0.05, 0) is 18.2 Å². The topological polar surface area (TPSA) is 24.8 Å². The van der Waals surface area contributed by atoms with E-state index in [1.165, 1.54) is 0 Å². The summed E-state index contributed by atoms with van der Waals surface area (Å²) in [6.45, 7) is 0.635. The molecule has 0 bridgehead atoms. The van der Waals surface area contributed by atoms with Crippen molar-refractivity contribution in [2.75, 3.05) is 11.7 Å². The van der Waals surface area contributed by atoms with Crippen LogP contribution < -0.4 is 5.06 Å². The van der Waals surface area contributed by atoms with Gasteiger partial charge in [0.15, 0.2) is 0 Å². The van der Waals surface area contributed by atoms with Gasteiger partial charge in [-0.15, -0.1) is 0 Å². The summed E-state index contributed by atoms with van der Waals surface area (Å²) in [6.07, 6.45) is 3.84. The monoisotopic (exact) mass is 172 g/mol. The van der Waals surface area contributed by atoms with Crippen LogP contribution in [0.2, 0.25) is 0 Å². The van der Waals surface area contributed by atoms with E-state index in [1.807, 2.05) is 41.6 Å². The van der Waals surface area contributed by atoms with Crippen LogP contribution in [0.4, 0.5) is 11.4 Å². The van der Waals surface area contributed by atoms with Crippen LogP contribution in [0.25, 0.3) is 0 Å². The van der Waals surface area contributed by atoms with E-state index in [0.717, 1.165) is 17.1 Å². The third-order valence-corrected chi connectivity index (χ3v) is 2.17. The summed E-state index contributed by atoms with van der Waals surface area (Å²) in [5.74, 6) is 0. The molecule has 0 radical (unpaired) electrons. The smallest absolute Gasteiger partial charge is 0.0959 e. The number of anilines is 1. The molecule has 0 saturated carbocycles. The predicted octanol–water partition coefficient (Wildman–Crippen LogP) is 2.04. The second-order valence-corrected chi connectivity index (χ2v) is 2.97. The minimum atomic E-state index is 0.635. The molecule has 0 spiro atoms. The fraction of sp³-hybridized carbons (Fsp3) is 0.100. The molecule has 0 atom stereocenters. The van der Waals surface area contributed by atoms with Crippen molar-refractivity contribution >= 4 is 17.6 Å². The van der Waals surface area contributed by atoms with Gasteiger partial charge in [0, 0.05) is 0 Å². The molecule has 2 heterocycles. The molecule has 1 aromatic rings. The van der Waals surface area contributed by atoms with Gasteiger partial charge in [0.1, 0.15) is 0 Å². The SMILES string of the molecule is C1=Nc2ccccc2N2OCC=C12. The minimum absolute atomic E-state index is 0.635. The van der Waals surface area contributed by atoms with E-state index in [0.29, 0.717) is 6.61 Å². The Hall–Kier alpha value is -1.61. The van der Waals surface area contributed by atoms with E-state index < -0.39 is 0 Å². The summed E-state index contributed by atoms with van der Waals surface area (Å²) in [5, 5.41) is 1.82. The van der Waals surface area contributed by atoms with Crippen LogP contribution in [-0.2, 0) is 4.84 Å². The van der Waals surface area contributed by atoms with Crippen LogP contribution >= 0.6 is 0 Å². The van der Waals surface area contributed by atoms with Gasteiger partial charge >= 0.3 is 0 Å². The van der Waals surface area contributed by atoms with Gasteiger partial charge < -0.3 is 0 Å². The zero-order valence-corrected chi connectivity index (χ0v) is 6.97. The Morgan fingerprint density at radius 3 is 3.23 bits per heavy atom. The second kappa shape index (κ2) is 2.44. The number of nitrogens with zero attached hydrogens (tertiary/aromatic N) is 2. The molecule has 3 nitrogen and oxygen atoms in total. The third kappa shape index (κ3) is 0.907. The van der Waals surface area contributed by atoms with Crippen molar-refractivity contribution in [1.29, 1.82) is 0 Å². The molecule has 0 N–H and O–H groups in total. The second-order valence-electron chi connectivity index (χ2n) is 2.97. The number of para-hydroxylation sites is 2. The van der Waals surface area contributed by atoms with Crippen LogP contribution in [0.15, 0.2) is 41.0 Å². The fourth-order valence-electron chi connectivity index (χ4n) is 1.55. The zero-order valence-electron chi connectivity index (χ0n) is 6.97. The number of hydroxylamine groups is 1. The third-order valence-electron chi connectivity index (χ3n) is 2.17. The maximum atomic E-state index is 5.43. The molecule has 3 heteroatoms. The normalized spacial score (nSPS) is 18.2. The number of hydrogen-bond acceptors (Lipinski definition) is 3. The quantitative estimate of drug-likeness (QED) is 0.598. The molecule has 0 saturated heterocycles. The molecule has 64 valence electrons. The van der Waals surface area contributed by atoms with E-state index in [-0.39, 0.29) is 0 Å². The molecule has 0 aliphatic carbocycles. The van der Waals surface area contributed by atoms with Crippen molar-refractivity contribution in [2.45, 2.75) is 0 Å². The van der Waals surface area contributed by atoms with E-state index in [4.69, 9.17) is 4.84 Å². The molecule has 0 aromatic heterocycles. The first kappa shape index (κ1) is 6.86. The number of fused-ring (bicyclic) bond motifs is 3. The Morgan fingerprint density at radius 2 is 2.23 bits per heavy atom. The lowest BCUT2D eigenvalue weighted by Gasteiger charge is -2.23. The van der Waals surface area contributed by atoms with Crippen molar-refractivity contribution in [2.24, 2.45) is 4.99 Å². The number of rotatable bonds is 0. The molecule has 1 aromatic carbocycles. The van der Waals surface area contributed by atoms with Gasteiger partial charge in [-0.2, -0.15) is 0 Å². The fourth-order valence-corrected chi connectivity index (χ4v) is 1.55. The Labute approximate surface area is 75.9 Å². The highest BCUT2D eigenvalue weighted by atomic mass is 16.7. The summed E-state index contributed by atoms with van der Waals surface area (Å²) in [5.41, 5.74) is 3.01. The Balaban J connectivity index is 2.20. The summed E-state index contributed by atoms with van der Waals surface area (Å²) in [7, 11) is 0. The molecule has 2 aliphatic rings. The number of aliphatic imine (C=N–C) groups is 1. The maximum Gasteiger partial charge on any atom is 0.0959 e. The van der Waals surface area contributed by atoms with Gasteiger partial charge in [0.2, 0.25) is 0 Å². The van der Waals surface area contributed by atoms with Gasteiger partial charge in [-0.25, -0.2) is 5.06 Å². The molecular formula is C10H8N2O. The first-order valence-corrected chi connectivity index (χ1v) is 4.21. The maximum absolute atomic E-state index is 5.43. The Bertz CT molecular complexity index is 409. The summed E-state index contributed by atoms with van der Waals surface area (Å²) in [4.78, 5) is 9.75. The lowest BCUT2D eigenvalue weighted by atomic mass is 10.2. The van der Waals surface area contributed by atoms with Crippen LogP contribution in [0.5, 0.6) is 0 Å². The van der Waals surface area contributed by atoms with Crippen molar-refractivity contribution in [3.63, 3.8) is 0 Å². The number of hydrogen-bond donors (Lipinski definition) is 0. The average molecular weight is 172 g/mol. The van der Waals surface area contributed by atoms with Crippen molar-refractivity contribution in [3.8, 4) is 0 Å². The highest BCUT2D eigenvalue weighted by Gasteiger charge is 2.22. The van der Waals surface area contributed by atoms with Gasteiger partial charge in [-0.3, -0.25) is 9.83 Å². The highest BCUT2D eigenvalue weighted by Crippen LogP contribution is 2.35. The van der Waals surface area contributed by atoms with E-state index in [2.05, 4.69) is 4.99 Å². The molecule has 0 amide bonds. The molecule has 0 fully saturated rings. The highest BCUT2D eigenvalue weighted by molar-refractivity contribution is 5.92. The molecule has 3 rings (SSSR count). The lowest BCUT2D eigenvalue weighted by molar-refractivity contribution is 0.177. The Kier molecular flexibility index (Phi) is 1.29. The molecular weight excluding hydrogens is 164 g/mol. The van der Waals surface area contributed by atoms with Crippen LogP contribution in [-0.4, -0.2) is 12.8 Å². The largest absolute Gasteiger partial charge is 0.264 e. The van der Waals surface area contributed by atoms with E-state index in [9.17, 15) is 0 Å². The summed E-state index contributed by atoms with van der Waals surface area (Å²) >= 11 is 0. The summed E-state index contributed by atoms with van der Waals surface area (Å²) < 4.78 is 0. The van der Waals surface area contributed by atoms with E-state index in [1.54, 1.807) is 0 Å². The van der Waals surface area contributed by atoms with Crippen molar-refractivity contribution in [3.05, 3.63) is 36.0 Å². The minimum Gasteiger partial charge on any atom is -0.264 e. The molecule has 13 heavy (non-hydrogen) atoms. The first-order chi connectivity index (χ1) is 6.45. The average Bonchev–Trinajstić information content (AvgIpc) is 2.65. The number of benzene rings is 1. The Morgan fingerprint density at radius 1 is 1.31 bits per heavy atom. The standard InChI is InChI=1S/C10H8N2O/c1-2-4-10-9(3-1)11-7-8-5-6-13-12(8)10/h1-5,7H,6H2. The molecule has 0 unspecified atom stereocenters. The van der Waals surface area contributed by atoms with Crippen LogP contribution in [0, 0.1) is 0 Å². The van der Waals surface area contributed by atoms with Gasteiger partial charge in [-0.1, -0.05) is 12.1 Å². The molecule has 2 aliphatic heterocycles. The zero-order chi connectivity index (χ0) is 8.67. The van der Waals surface area contributed by atoms with Crippen LogP contribution in [0.1, 0.15) is 0 Å². The van der Waals surface area contributed by atoms with Crippen molar-refractivity contribution < 1.29 is 4.84 Å². The van der Waals surface area contributed by atoms with Crippen LogP contribution in [0.3, 0.4) is 0 Å². The van der Waals surface area contributed by atoms with Crippen molar-refractivity contribution in [1.82, 2.24) is 0 Å². The lowest BCUT2D eigenvalue weighted by Crippen LogP contribution is -2.20. The van der Waals surface area contributed by atoms with Gasteiger partial charge in [0.05, 0.1) is 29.9 Å². The van der Waals surface area contributed by atoms with Gasteiger partial charge in [0.25, 0.3) is 0 Å². The number of allylic oxidation sites excluding steroid dienone is 1. The first-order valence-electron chi connectivity index (χ1n) is 4.21. The summed E-state index contributed by atoms with van der Waals surface area (Å²) in [6, 6.07) is 7.94.